The highest BCUT2D eigenvalue weighted by Gasteiger charge is 2.06. The van der Waals surface area contributed by atoms with Crippen LogP contribution in [0.4, 0.5) is 0 Å². The molecular weight excluding hydrogens is 240 g/mol. The molecule has 0 saturated carbocycles. The minimum absolute atomic E-state index is 0.0407. The molecule has 0 fully saturated rings. The Morgan fingerprint density at radius 2 is 1.95 bits per heavy atom. The summed E-state index contributed by atoms with van der Waals surface area (Å²) in [5.74, 6) is -0.156. The number of nitrogens with zero attached hydrogens (tertiary/aromatic N) is 1. The standard InChI is InChI=1S/C15H18N2O2/c1-4-17-15(19)13-7-5-6-12(10-13)14(16-3)9-8-11(2)18/h5-10H,4H2,1-3H3,(H,17,19)/b9-8-,16-14?. The van der Waals surface area contributed by atoms with E-state index < -0.39 is 0 Å². The van der Waals surface area contributed by atoms with Crippen LogP contribution in [0.3, 0.4) is 0 Å². The van der Waals surface area contributed by atoms with Gasteiger partial charge in [-0.2, -0.15) is 0 Å². The molecule has 1 aromatic carbocycles. The minimum Gasteiger partial charge on any atom is -0.352 e. The minimum atomic E-state index is -0.115. The van der Waals surface area contributed by atoms with Gasteiger partial charge in [0.2, 0.25) is 0 Å². The molecule has 0 heterocycles. The molecule has 0 aliphatic rings. The predicted molar refractivity (Wildman–Crippen MR) is 76.7 cm³/mol. The van der Waals surface area contributed by atoms with Gasteiger partial charge in [-0.05, 0) is 38.1 Å². The number of allylic oxidation sites excluding steroid dienone is 2. The van der Waals surface area contributed by atoms with Crippen molar-refractivity contribution in [3.8, 4) is 0 Å². The molecule has 0 aromatic heterocycles. The van der Waals surface area contributed by atoms with E-state index >= 15 is 0 Å². The molecule has 4 heteroatoms. The predicted octanol–water partition coefficient (Wildman–Crippen LogP) is 2.00. The van der Waals surface area contributed by atoms with Gasteiger partial charge in [0.25, 0.3) is 5.91 Å². The Morgan fingerprint density at radius 1 is 1.26 bits per heavy atom. The molecule has 0 radical (unpaired) electrons. The molecule has 100 valence electrons. The normalized spacial score (nSPS) is 11.6. The van der Waals surface area contributed by atoms with Crippen molar-refractivity contribution in [1.29, 1.82) is 0 Å². The second kappa shape index (κ2) is 7.26. The van der Waals surface area contributed by atoms with Gasteiger partial charge >= 0.3 is 0 Å². The molecule has 4 nitrogen and oxygen atoms in total. The lowest BCUT2D eigenvalue weighted by Gasteiger charge is -2.05. The Labute approximate surface area is 113 Å². The number of rotatable bonds is 5. The number of hydrogen-bond acceptors (Lipinski definition) is 3. The highest BCUT2D eigenvalue weighted by molar-refractivity contribution is 6.12. The monoisotopic (exact) mass is 258 g/mol. The van der Waals surface area contributed by atoms with Crippen LogP contribution in [0.1, 0.15) is 29.8 Å². The van der Waals surface area contributed by atoms with Crippen LogP contribution in [0.25, 0.3) is 0 Å². The molecule has 19 heavy (non-hydrogen) atoms. The first-order valence-corrected chi connectivity index (χ1v) is 6.12. The lowest BCUT2D eigenvalue weighted by molar-refractivity contribution is -0.112. The van der Waals surface area contributed by atoms with Crippen molar-refractivity contribution in [2.45, 2.75) is 13.8 Å². The zero-order chi connectivity index (χ0) is 14.3. The topological polar surface area (TPSA) is 58.5 Å². The zero-order valence-electron chi connectivity index (χ0n) is 11.4. The van der Waals surface area contributed by atoms with Crippen molar-refractivity contribution < 1.29 is 9.59 Å². The lowest BCUT2D eigenvalue weighted by Crippen LogP contribution is -2.22. The van der Waals surface area contributed by atoms with Gasteiger partial charge < -0.3 is 5.32 Å². The molecule has 0 aliphatic carbocycles. The maximum absolute atomic E-state index is 11.8. The Morgan fingerprint density at radius 3 is 2.53 bits per heavy atom. The third-order valence-corrected chi connectivity index (χ3v) is 2.47. The van der Waals surface area contributed by atoms with Crippen LogP contribution in [-0.4, -0.2) is 31.0 Å². The molecule has 0 bridgehead atoms. The summed E-state index contributed by atoms with van der Waals surface area (Å²) in [6.45, 7) is 3.94. The number of carbonyl (C=O) groups is 2. The Balaban J connectivity index is 3.03. The molecule has 0 unspecified atom stereocenters. The van der Waals surface area contributed by atoms with Crippen molar-refractivity contribution in [2.24, 2.45) is 4.99 Å². The molecular formula is C15H18N2O2. The van der Waals surface area contributed by atoms with Crippen molar-refractivity contribution in [2.75, 3.05) is 13.6 Å². The summed E-state index contributed by atoms with van der Waals surface area (Å²) in [6.07, 6.45) is 3.11. The average molecular weight is 258 g/mol. The quantitative estimate of drug-likeness (QED) is 0.648. The van der Waals surface area contributed by atoms with Crippen molar-refractivity contribution >= 4 is 17.4 Å². The summed E-state index contributed by atoms with van der Waals surface area (Å²) in [5, 5.41) is 2.75. The third-order valence-electron chi connectivity index (χ3n) is 2.47. The number of aliphatic imine (C=N–C) groups is 1. The van der Waals surface area contributed by atoms with Gasteiger partial charge in [-0.15, -0.1) is 0 Å². The Hall–Kier alpha value is -2.23. The Kier molecular flexibility index (Phi) is 5.67. The van der Waals surface area contributed by atoms with E-state index in [0.29, 0.717) is 17.8 Å². The van der Waals surface area contributed by atoms with E-state index in [1.807, 2.05) is 13.0 Å². The van der Waals surface area contributed by atoms with Gasteiger partial charge in [-0.25, -0.2) is 0 Å². The largest absolute Gasteiger partial charge is 0.352 e. The smallest absolute Gasteiger partial charge is 0.251 e. The van der Waals surface area contributed by atoms with Crippen LogP contribution < -0.4 is 5.32 Å². The summed E-state index contributed by atoms with van der Waals surface area (Å²) in [4.78, 5) is 26.8. The van der Waals surface area contributed by atoms with E-state index in [2.05, 4.69) is 10.3 Å². The van der Waals surface area contributed by atoms with E-state index in [-0.39, 0.29) is 11.7 Å². The van der Waals surface area contributed by atoms with Crippen molar-refractivity contribution in [3.63, 3.8) is 0 Å². The molecule has 1 aromatic rings. The van der Waals surface area contributed by atoms with Gasteiger partial charge in [0, 0.05) is 24.7 Å². The summed E-state index contributed by atoms with van der Waals surface area (Å²) < 4.78 is 0. The lowest BCUT2D eigenvalue weighted by atomic mass is 10.1. The summed E-state index contributed by atoms with van der Waals surface area (Å²) >= 11 is 0. The molecule has 0 aliphatic heterocycles. The summed E-state index contributed by atoms with van der Waals surface area (Å²) in [5.41, 5.74) is 2.06. The van der Waals surface area contributed by atoms with Crippen LogP contribution in [0.2, 0.25) is 0 Å². The number of benzene rings is 1. The molecule has 1 rings (SSSR count). The molecule has 1 N–H and O–H groups in total. The number of carbonyl (C=O) groups excluding carboxylic acids is 2. The number of nitrogens with one attached hydrogen (secondary N) is 1. The van der Waals surface area contributed by atoms with Crippen molar-refractivity contribution in [3.05, 3.63) is 47.5 Å². The van der Waals surface area contributed by atoms with Crippen LogP contribution in [0, 0.1) is 0 Å². The second-order valence-corrected chi connectivity index (χ2v) is 3.99. The van der Waals surface area contributed by atoms with Crippen molar-refractivity contribution in [1.82, 2.24) is 5.32 Å². The van der Waals surface area contributed by atoms with Gasteiger partial charge in [-0.1, -0.05) is 12.1 Å². The molecule has 0 saturated heterocycles. The maximum atomic E-state index is 11.8. The van der Waals surface area contributed by atoms with Crippen LogP contribution in [0.5, 0.6) is 0 Å². The van der Waals surface area contributed by atoms with E-state index in [0.717, 1.165) is 5.56 Å². The second-order valence-electron chi connectivity index (χ2n) is 3.99. The fraction of sp³-hybridized carbons (Fsp3) is 0.267. The molecule has 1 amide bonds. The summed E-state index contributed by atoms with van der Waals surface area (Å²) in [7, 11) is 1.65. The summed E-state index contributed by atoms with van der Waals surface area (Å²) in [6, 6.07) is 7.16. The van der Waals surface area contributed by atoms with E-state index in [1.165, 1.54) is 13.0 Å². The Bertz CT molecular complexity index is 531. The zero-order valence-corrected chi connectivity index (χ0v) is 11.4. The highest BCUT2D eigenvalue weighted by atomic mass is 16.1. The number of ketones is 1. The molecule has 0 spiro atoms. The van der Waals surface area contributed by atoms with Gasteiger partial charge in [0.05, 0.1) is 5.71 Å². The SMILES string of the molecule is CCNC(=O)c1cccc(C(/C=C\C(C)=O)=NC)c1. The van der Waals surface area contributed by atoms with Gasteiger partial charge in [0.1, 0.15) is 0 Å². The van der Waals surface area contributed by atoms with Crippen LogP contribution in [-0.2, 0) is 4.79 Å². The average Bonchev–Trinajstić information content (AvgIpc) is 2.40. The fourth-order valence-electron chi connectivity index (χ4n) is 1.58. The van der Waals surface area contributed by atoms with E-state index in [1.54, 1.807) is 31.3 Å². The first kappa shape index (κ1) is 14.8. The molecule has 0 atom stereocenters. The van der Waals surface area contributed by atoms with Crippen LogP contribution in [0.15, 0.2) is 41.4 Å². The highest BCUT2D eigenvalue weighted by Crippen LogP contribution is 2.08. The third kappa shape index (κ3) is 4.50. The van der Waals surface area contributed by atoms with Crippen LogP contribution >= 0.6 is 0 Å². The first-order valence-electron chi connectivity index (χ1n) is 6.12. The van der Waals surface area contributed by atoms with Gasteiger partial charge in [0.15, 0.2) is 5.78 Å². The maximum Gasteiger partial charge on any atom is 0.251 e. The van der Waals surface area contributed by atoms with E-state index in [4.69, 9.17) is 0 Å². The van der Waals surface area contributed by atoms with Gasteiger partial charge in [-0.3, -0.25) is 14.6 Å². The fourth-order valence-corrected chi connectivity index (χ4v) is 1.58. The number of amides is 1. The van der Waals surface area contributed by atoms with E-state index in [9.17, 15) is 9.59 Å². The first-order chi connectivity index (χ1) is 9.08. The number of hydrogen-bond donors (Lipinski definition) is 1.